The van der Waals surface area contributed by atoms with Crippen LogP contribution in [0.2, 0.25) is 0 Å². The van der Waals surface area contributed by atoms with E-state index >= 15 is 0 Å². The third kappa shape index (κ3) is 4.44. The highest BCUT2D eigenvalue weighted by molar-refractivity contribution is 5.92. The molecule has 0 aliphatic carbocycles. The van der Waals surface area contributed by atoms with Crippen molar-refractivity contribution >= 4 is 21.8 Å². The molecule has 4 aromatic carbocycles. The molecule has 1 N–H and O–H groups in total. The Morgan fingerprint density at radius 2 is 1.24 bits per heavy atom. The van der Waals surface area contributed by atoms with E-state index in [-0.39, 0.29) is 5.43 Å². The first-order valence-corrected chi connectivity index (χ1v) is 9.80. The number of H-pyrrole nitrogens is 1. The molecular weight excluding hydrogens is 354 g/mol. The van der Waals surface area contributed by atoms with Gasteiger partial charge in [0.2, 0.25) is 0 Å². The van der Waals surface area contributed by atoms with Gasteiger partial charge in [-0.3, -0.25) is 4.79 Å². The molecule has 0 fully saturated rings. The number of para-hydroxylation sites is 1. The molecule has 0 amide bonds. The van der Waals surface area contributed by atoms with E-state index in [0.29, 0.717) is 0 Å². The number of nitrogens with one attached hydrogen (secondary N) is 1. The van der Waals surface area contributed by atoms with Crippen molar-refractivity contribution in [3.8, 4) is 0 Å². The van der Waals surface area contributed by atoms with Crippen LogP contribution in [0.5, 0.6) is 0 Å². The standard InChI is InChI=1S/C20H15NO.C7H8/c22-20-16-8-4-5-9-18(16)21-19-11-10-15(13-17(19)20)12-14-6-2-1-3-7-14;1-7-5-3-2-4-6-7/h1-11,13H,12H2,(H,21,22);2-6H,1H3. The van der Waals surface area contributed by atoms with E-state index in [0.717, 1.165) is 33.8 Å². The lowest BCUT2D eigenvalue weighted by molar-refractivity contribution is 1.20. The Kier molecular flexibility index (Phi) is 5.53. The van der Waals surface area contributed by atoms with Crippen molar-refractivity contribution in [1.82, 2.24) is 4.98 Å². The molecule has 0 atom stereocenters. The molecule has 5 rings (SSSR count). The van der Waals surface area contributed by atoms with Crippen molar-refractivity contribution in [1.29, 1.82) is 0 Å². The fourth-order valence-electron chi connectivity index (χ4n) is 3.44. The molecule has 142 valence electrons. The van der Waals surface area contributed by atoms with Gasteiger partial charge in [0.25, 0.3) is 0 Å². The van der Waals surface area contributed by atoms with Gasteiger partial charge < -0.3 is 4.98 Å². The van der Waals surface area contributed by atoms with Gasteiger partial charge in [0.15, 0.2) is 5.43 Å². The molecule has 1 aromatic heterocycles. The van der Waals surface area contributed by atoms with Crippen LogP contribution in [0.15, 0.2) is 108 Å². The maximum absolute atomic E-state index is 12.7. The van der Waals surface area contributed by atoms with Gasteiger partial charge in [-0.15, -0.1) is 0 Å². The van der Waals surface area contributed by atoms with Crippen molar-refractivity contribution in [2.45, 2.75) is 13.3 Å². The molecule has 1 heterocycles. The van der Waals surface area contributed by atoms with E-state index in [1.54, 1.807) is 0 Å². The summed E-state index contributed by atoms with van der Waals surface area (Å²) in [6, 6.07) is 34.3. The first-order chi connectivity index (χ1) is 14.2. The summed E-state index contributed by atoms with van der Waals surface area (Å²) in [5, 5.41) is 1.50. The van der Waals surface area contributed by atoms with E-state index in [4.69, 9.17) is 0 Å². The summed E-state index contributed by atoms with van der Waals surface area (Å²) in [7, 11) is 0. The number of hydrogen-bond acceptors (Lipinski definition) is 1. The number of benzene rings is 4. The quantitative estimate of drug-likeness (QED) is 0.362. The van der Waals surface area contributed by atoms with Gasteiger partial charge in [-0.25, -0.2) is 0 Å². The molecule has 0 saturated carbocycles. The van der Waals surface area contributed by atoms with Crippen LogP contribution in [0.1, 0.15) is 16.7 Å². The van der Waals surface area contributed by atoms with Gasteiger partial charge in [0, 0.05) is 21.8 Å². The highest BCUT2D eigenvalue weighted by atomic mass is 16.1. The number of hydrogen-bond donors (Lipinski definition) is 1. The Hall–Kier alpha value is -3.65. The van der Waals surface area contributed by atoms with Crippen molar-refractivity contribution in [2.75, 3.05) is 0 Å². The Balaban J connectivity index is 0.000000249. The number of aromatic amines is 1. The van der Waals surface area contributed by atoms with Crippen LogP contribution in [0.25, 0.3) is 21.8 Å². The van der Waals surface area contributed by atoms with Crippen LogP contribution in [-0.2, 0) is 6.42 Å². The number of fused-ring (bicyclic) bond motifs is 2. The summed E-state index contributed by atoms with van der Waals surface area (Å²) in [6.45, 7) is 2.08. The lowest BCUT2D eigenvalue weighted by atomic mass is 10.0. The summed E-state index contributed by atoms with van der Waals surface area (Å²) >= 11 is 0. The Morgan fingerprint density at radius 3 is 1.93 bits per heavy atom. The molecule has 0 aliphatic rings. The van der Waals surface area contributed by atoms with E-state index < -0.39 is 0 Å². The first-order valence-electron chi connectivity index (χ1n) is 9.80. The summed E-state index contributed by atoms with van der Waals surface area (Å²) in [6.07, 6.45) is 0.836. The third-order valence-corrected chi connectivity index (χ3v) is 4.96. The minimum absolute atomic E-state index is 0.0965. The maximum Gasteiger partial charge on any atom is 0.197 e. The second-order valence-electron chi connectivity index (χ2n) is 7.20. The normalized spacial score (nSPS) is 10.5. The lowest BCUT2D eigenvalue weighted by Gasteiger charge is -2.06. The zero-order valence-electron chi connectivity index (χ0n) is 16.4. The molecule has 0 bridgehead atoms. The van der Waals surface area contributed by atoms with Crippen LogP contribution < -0.4 is 5.43 Å². The van der Waals surface area contributed by atoms with Gasteiger partial charge in [-0.2, -0.15) is 0 Å². The van der Waals surface area contributed by atoms with Crippen molar-refractivity contribution in [2.24, 2.45) is 0 Å². The Labute approximate surface area is 170 Å². The van der Waals surface area contributed by atoms with Crippen LogP contribution in [0.3, 0.4) is 0 Å². The minimum atomic E-state index is 0.0965. The summed E-state index contributed by atoms with van der Waals surface area (Å²) in [4.78, 5) is 16.0. The number of aromatic nitrogens is 1. The van der Waals surface area contributed by atoms with Crippen molar-refractivity contribution in [3.05, 3.63) is 130 Å². The zero-order valence-corrected chi connectivity index (χ0v) is 16.4. The number of rotatable bonds is 2. The third-order valence-electron chi connectivity index (χ3n) is 4.96. The van der Waals surface area contributed by atoms with Gasteiger partial charge in [-0.1, -0.05) is 84.4 Å². The highest BCUT2D eigenvalue weighted by Crippen LogP contribution is 2.18. The van der Waals surface area contributed by atoms with Crippen LogP contribution in [-0.4, -0.2) is 4.98 Å². The summed E-state index contributed by atoms with van der Waals surface area (Å²) in [5.74, 6) is 0. The molecule has 0 spiro atoms. The van der Waals surface area contributed by atoms with Crippen molar-refractivity contribution < 1.29 is 0 Å². The van der Waals surface area contributed by atoms with Crippen LogP contribution in [0.4, 0.5) is 0 Å². The van der Waals surface area contributed by atoms with Gasteiger partial charge >= 0.3 is 0 Å². The second-order valence-corrected chi connectivity index (χ2v) is 7.20. The molecule has 0 radical (unpaired) electrons. The SMILES string of the molecule is Cc1ccccc1.O=c1c2ccccc2[nH]c2ccc(Cc3ccccc3)cc12. The van der Waals surface area contributed by atoms with Gasteiger partial charge in [0.1, 0.15) is 0 Å². The Bertz CT molecular complexity index is 1290. The monoisotopic (exact) mass is 377 g/mol. The molecule has 0 saturated heterocycles. The molecule has 2 heteroatoms. The fraction of sp³-hybridized carbons (Fsp3) is 0.0741. The summed E-state index contributed by atoms with van der Waals surface area (Å²) in [5.41, 5.74) is 5.59. The van der Waals surface area contributed by atoms with E-state index in [1.165, 1.54) is 11.1 Å². The average Bonchev–Trinajstić information content (AvgIpc) is 2.76. The van der Waals surface area contributed by atoms with Gasteiger partial charge in [-0.05, 0) is 48.7 Å². The highest BCUT2D eigenvalue weighted by Gasteiger charge is 2.06. The molecular formula is C27H23NO. The summed E-state index contributed by atoms with van der Waals surface area (Å²) < 4.78 is 0. The lowest BCUT2D eigenvalue weighted by Crippen LogP contribution is -2.04. The zero-order chi connectivity index (χ0) is 20.1. The fourth-order valence-corrected chi connectivity index (χ4v) is 3.44. The van der Waals surface area contributed by atoms with Crippen molar-refractivity contribution in [3.63, 3.8) is 0 Å². The predicted octanol–water partition coefficient (Wildman–Crippen LogP) is 6.27. The smallest absolute Gasteiger partial charge is 0.197 e. The van der Waals surface area contributed by atoms with E-state index in [1.807, 2.05) is 72.8 Å². The molecule has 2 nitrogen and oxygen atoms in total. The predicted molar refractivity (Wildman–Crippen MR) is 123 cm³/mol. The largest absolute Gasteiger partial charge is 0.354 e. The average molecular weight is 377 g/mol. The molecule has 0 aliphatic heterocycles. The maximum atomic E-state index is 12.7. The van der Waals surface area contributed by atoms with E-state index in [2.05, 4.69) is 42.2 Å². The first kappa shape index (κ1) is 18.7. The molecule has 29 heavy (non-hydrogen) atoms. The molecule has 0 unspecified atom stereocenters. The minimum Gasteiger partial charge on any atom is -0.354 e. The van der Waals surface area contributed by atoms with Crippen LogP contribution in [0, 0.1) is 6.92 Å². The van der Waals surface area contributed by atoms with E-state index in [9.17, 15) is 4.79 Å². The molecule has 5 aromatic rings. The van der Waals surface area contributed by atoms with Gasteiger partial charge in [0.05, 0.1) is 0 Å². The number of aryl methyl sites for hydroxylation is 1. The number of pyridine rings is 1. The Morgan fingerprint density at radius 1 is 0.621 bits per heavy atom. The van der Waals surface area contributed by atoms with Crippen LogP contribution >= 0.6 is 0 Å². The topological polar surface area (TPSA) is 32.9 Å². The second kappa shape index (κ2) is 8.57.